The molecule has 0 saturated heterocycles. The van der Waals surface area contributed by atoms with Gasteiger partial charge in [-0.25, -0.2) is 0 Å². The quantitative estimate of drug-likeness (QED) is 0.566. The van der Waals surface area contributed by atoms with Crippen molar-refractivity contribution < 1.29 is 9.53 Å². The summed E-state index contributed by atoms with van der Waals surface area (Å²) in [6.07, 6.45) is 0. The number of Topliss-reactive ketones (excluding diaryl/α,β-unsaturated/α-hetero) is 1. The summed E-state index contributed by atoms with van der Waals surface area (Å²) in [6, 6.07) is 24.0. The lowest BCUT2D eigenvalue weighted by atomic mass is 9.93. The molecule has 4 heteroatoms. The Labute approximate surface area is 168 Å². The monoisotopic (exact) mass is 385 g/mol. The van der Waals surface area contributed by atoms with Crippen molar-refractivity contribution in [2.45, 2.75) is 17.1 Å². The maximum atomic E-state index is 13.5. The van der Waals surface area contributed by atoms with Gasteiger partial charge in [0, 0.05) is 21.6 Å². The zero-order valence-electron chi connectivity index (χ0n) is 15.5. The highest BCUT2D eigenvalue weighted by Crippen LogP contribution is 2.53. The molecule has 0 saturated carbocycles. The molecule has 1 aliphatic carbocycles. The molecule has 5 rings (SSSR count). The lowest BCUT2D eigenvalue weighted by Crippen LogP contribution is -2.22. The number of ether oxygens (including phenoxy) is 1. The number of hydrogen-bond acceptors (Lipinski definition) is 4. The summed E-state index contributed by atoms with van der Waals surface area (Å²) in [4.78, 5) is 19.5. The molecule has 0 spiro atoms. The molecular weight excluding hydrogens is 366 g/mol. The van der Waals surface area contributed by atoms with Crippen LogP contribution in [0.1, 0.15) is 33.7 Å². The summed E-state index contributed by atoms with van der Waals surface area (Å²) in [5, 5.41) is -0.0925. The van der Waals surface area contributed by atoms with Crippen LogP contribution in [0.25, 0.3) is 0 Å². The fourth-order valence-corrected chi connectivity index (χ4v) is 5.40. The minimum absolute atomic E-state index is 0.0925. The van der Waals surface area contributed by atoms with Crippen LogP contribution in [0.3, 0.4) is 0 Å². The molecule has 3 aromatic rings. The summed E-state index contributed by atoms with van der Waals surface area (Å²) < 4.78 is 5.92. The highest BCUT2D eigenvalue weighted by Gasteiger charge is 2.44. The normalized spacial score (nSPS) is 19.9. The number of fused-ring (bicyclic) bond motifs is 4. The van der Waals surface area contributed by atoms with Crippen LogP contribution in [-0.2, 0) is 0 Å². The summed E-state index contributed by atoms with van der Waals surface area (Å²) >= 11 is 1.71. The average Bonchev–Trinajstić information content (AvgIpc) is 2.90. The first kappa shape index (κ1) is 17.3. The molecule has 138 valence electrons. The molecule has 0 aromatic heterocycles. The van der Waals surface area contributed by atoms with Crippen molar-refractivity contribution in [3.63, 3.8) is 0 Å². The van der Waals surface area contributed by atoms with Gasteiger partial charge in [-0.1, -0.05) is 54.6 Å². The molecule has 0 bridgehead atoms. The zero-order chi connectivity index (χ0) is 19.1. The van der Waals surface area contributed by atoms with Gasteiger partial charge in [0.25, 0.3) is 0 Å². The minimum Gasteiger partial charge on any atom is -0.494 e. The number of rotatable bonds is 3. The Balaban J connectivity index is 1.74. The molecule has 0 amide bonds. The van der Waals surface area contributed by atoms with Gasteiger partial charge in [0.05, 0.1) is 29.2 Å². The van der Waals surface area contributed by atoms with E-state index >= 15 is 0 Å². The molecule has 2 aliphatic rings. The van der Waals surface area contributed by atoms with Crippen molar-refractivity contribution in [1.29, 1.82) is 0 Å². The van der Waals surface area contributed by atoms with Crippen LogP contribution in [0.4, 0.5) is 5.69 Å². The zero-order valence-corrected chi connectivity index (χ0v) is 16.3. The van der Waals surface area contributed by atoms with Crippen LogP contribution >= 0.6 is 11.8 Å². The molecule has 0 unspecified atom stereocenters. The number of hydrogen-bond donors (Lipinski definition) is 0. The Hall–Kier alpha value is -2.85. The molecule has 0 N–H and O–H groups in total. The summed E-state index contributed by atoms with van der Waals surface area (Å²) in [6.45, 7) is 2.57. The third kappa shape index (κ3) is 2.68. The van der Waals surface area contributed by atoms with Crippen molar-refractivity contribution in [3.05, 3.63) is 89.5 Å². The van der Waals surface area contributed by atoms with E-state index in [4.69, 9.17) is 9.73 Å². The van der Waals surface area contributed by atoms with E-state index in [1.807, 2.05) is 67.6 Å². The molecule has 1 aliphatic heterocycles. The number of aliphatic imine (C=N–C) groups is 1. The Morgan fingerprint density at radius 2 is 1.64 bits per heavy atom. The van der Waals surface area contributed by atoms with E-state index in [0.29, 0.717) is 6.61 Å². The van der Waals surface area contributed by atoms with E-state index in [0.717, 1.165) is 38.7 Å². The molecule has 0 radical (unpaired) electrons. The van der Waals surface area contributed by atoms with Crippen LogP contribution in [0.2, 0.25) is 0 Å². The molecule has 28 heavy (non-hydrogen) atoms. The second-order valence-electron chi connectivity index (χ2n) is 6.86. The maximum absolute atomic E-state index is 13.5. The first-order valence-electron chi connectivity index (χ1n) is 9.47. The lowest BCUT2D eigenvalue weighted by Gasteiger charge is -2.23. The van der Waals surface area contributed by atoms with Gasteiger partial charge in [-0.2, -0.15) is 0 Å². The number of para-hydroxylation sites is 2. The fourth-order valence-electron chi connectivity index (χ4n) is 4.02. The maximum Gasteiger partial charge on any atom is 0.174 e. The Kier molecular flexibility index (Phi) is 4.29. The minimum atomic E-state index is -0.323. The van der Waals surface area contributed by atoms with Gasteiger partial charge in [-0.05, 0) is 25.1 Å². The van der Waals surface area contributed by atoms with Crippen molar-refractivity contribution in [2.24, 2.45) is 10.9 Å². The summed E-state index contributed by atoms with van der Waals surface area (Å²) in [5.41, 5.74) is 4.56. The largest absolute Gasteiger partial charge is 0.494 e. The molecule has 3 nitrogen and oxygen atoms in total. The van der Waals surface area contributed by atoms with Crippen molar-refractivity contribution in [3.8, 4) is 5.75 Å². The second kappa shape index (κ2) is 6.95. The highest BCUT2D eigenvalue weighted by atomic mass is 32.2. The van der Waals surface area contributed by atoms with Crippen LogP contribution in [0.5, 0.6) is 5.75 Å². The Morgan fingerprint density at radius 1 is 0.929 bits per heavy atom. The van der Waals surface area contributed by atoms with Crippen LogP contribution < -0.4 is 4.74 Å². The SMILES string of the molecule is CCOc1ccccc1[C@@H]1Sc2ccccc2N=C2c3ccccc3C(=O)[C@H]21. The van der Waals surface area contributed by atoms with E-state index < -0.39 is 0 Å². The number of carbonyl (C=O) groups is 1. The fraction of sp³-hybridized carbons (Fsp3) is 0.167. The van der Waals surface area contributed by atoms with Crippen LogP contribution in [0, 0.1) is 5.92 Å². The van der Waals surface area contributed by atoms with Crippen molar-refractivity contribution in [2.75, 3.05) is 6.61 Å². The smallest absolute Gasteiger partial charge is 0.174 e. The predicted octanol–water partition coefficient (Wildman–Crippen LogP) is 5.87. The third-order valence-corrected chi connectivity index (χ3v) is 6.61. The molecular formula is C24H19NO2S. The van der Waals surface area contributed by atoms with Gasteiger partial charge in [0.2, 0.25) is 0 Å². The van der Waals surface area contributed by atoms with Gasteiger partial charge < -0.3 is 4.74 Å². The standard InChI is InChI=1S/C24H19NO2S/c1-2-27-19-13-7-5-11-17(19)24-21-22(15-9-3-4-10-16(15)23(21)26)25-18-12-6-8-14-20(18)28-24/h3-14,21,24H,2H2,1H3/t21-,24-/m0/s1. The van der Waals surface area contributed by atoms with Gasteiger partial charge in [0.1, 0.15) is 5.75 Å². The van der Waals surface area contributed by atoms with Crippen LogP contribution in [-0.4, -0.2) is 18.1 Å². The van der Waals surface area contributed by atoms with E-state index in [2.05, 4.69) is 12.1 Å². The van der Waals surface area contributed by atoms with E-state index in [1.165, 1.54) is 0 Å². The molecule has 0 fully saturated rings. The average molecular weight is 385 g/mol. The van der Waals surface area contributed by atoms with Gasteiger partial charge in [-0.15, -0.1) is 11.8 Å². The first-order chi connectivity index (χ1) is 13.8. The summed E-state index contributed by atoms with van der Waals surface area (Å²) in [5.74, 6) is 0.660. The second-order valence-corrected chi connectivity index (χ2v) is 8.04. The molecule has 2 atom stereocenters. The topological polar surface area (TPSA) is 38.7 Å². The van der Waals surface area contributed by atoms with Gasteiger partial charge >= 0.3 is 0 Å². The first-order valence-corrected chi connectivity index (χ1v) is 10.4. The van der Waals surface area contributed by atoms with E-state index in [9.17, 15) is 4.79 Å². The van der Waals surface area contributed by atoms with Gasteiger partial charge in [0.15, 0.2) is 5.78 Å². The predicted molar refractivity (Wildman–Crippen MR) is 113 cm³/mol. The molecule has 1 heterocycles. The Bertz CT molecular complexity index is 1110. The number of carbonyl (C=O) groups excluding carboxylic acids is 1. The van der Waals surface area contributed by atoms with E-state index in [-0.39, 0.29) is 17.0 Å². The van der Waals surface area contributed by atoms with Crippen molar-refractivity contribution >= 4 is 28.9 Å². The Morgan fingerprint density at radius 3 is 2.50 bits per heavy atom. The third-order valence-electron chi connectivity index (χ3n) is 5.23. The van der Waals surface area contributed by atoms with E-state index in [1.54, 1.807) is 11.8 Å². The van der Waals surface area contributed by atoms with Crippen LogP contribution in [0.15, 0.2) is 82.7 Å². The number of benzene rings is 3. The van der Waals surface area contributed by atoms with Crippen molar-refractivity contribution in [1.82, 2.24) is 0 Å². The highest BCUT2D eigenvalue weighted by molar-refractivity contribution is 7.99. The number of ketones is 1. The number of thioether (sulfide) groups is 1. The summed E-state index contributed by atoms with van der Waals surface area (Å²) in [7, 11) is 0. The lowest BCUT2D eigenvalue weighted by molar-refractivity contribution is 0.0960. The molecule has 3 aromatic carbocycles. The number of nitrogens with zero attached hydrogens (tertiary/aromatic N) is 1. The van der Waals surface area contributed by atoms with Gasteiger partial charge in [-0.3, -0.25) is 9.79 Å².